The highest BCUT2D eigenvalue weighted by Crippen LogP contribution is 2.13. The van der Waals surface area contributed by atoms with Crippen molar-refractivity contribution in [1.82, 2.24) is 9.71 Å². The highest BCUT2D eigenvalue weighted by molar-refractivity contribution is 7.89. The average Bonchev–Trinajstić information content (AvgIpc) is 2.51. The van der Waals surface area contributed by atoms with Gasteiger partial charge in [-0.15, -0.1) is 0 Å². The van der Waals surface area contributed by atoms with E-state index >= 15 is 0 Å². The Bertz CT molecular complexity index is 852. The summed E-state index contributed by atoms with van der Waals surface area (Å²) in [7, 11) is -4.03. The number of nitrogens with one attached hydrogen (secondary N) is 1. The van der Waals surface area contributed by atoms with E-state index in [0.717, 1.165) is 17.8 Å². The zero-order valence-electron chi connectivity index (χ0n) is 12.7. The number of pyridine rings is 1. The lowest BCUT2D eigenvalue weighted by molar-refractivity contribution is 0.368. The molecule has 0 fully saturated rings. The van der Waals surface area contributed by atoms with E-state index in [1.54, 1.807) is 18.3 Å². The number of aromatic nitrogens is 1. The standard InChI is InChI=1S/C16H14F2N2O3S/c1-12-4-5-15(11-19-12)23-7-3-2-6-20-24(21,22)16-9-13(17)8-14(18)10-16/h4-5,8-11,20H,6-7H2,1H3. The van der Waals surface area contributed by atoms with Crippen molar-refractivity contribution in [3.63, 3.8) is 0 Å². The Labute approximate surface area is 138 Å². The van der Waals surface area contributed by atoms with Crippen LogP contribution < -0.4 is 9.46 Å². The average molecular weight is 352 g/mol. The summed E-state index contributed by atoms with van der Waals surface area (Å²) in [5.74, 6) is 3.77. The molecule has 1 heterocycles. The maximum atomic E-state index is 13.1. The molecule has 0 atom stereocenters. The van der Waals surface area contributed by atoms with Crippen molar-refractivity contribution in [2.45, 2.75) is 11.8 Å². The third-order valence-electron chi connectivity index (χ3n) is 2.82. The zero-order valence-corrected chi connectivity index (χ0v) is 13.5. The highest BCUT2D eigenvalue weighted by atomic mass is 32.2. The molecule has 1 N–H and O–H groups in total. The van der Waals surface area contributed by atoms with Gasteiger partial charge >= 0.3 is 0 Å². The smallest absolute Gasteiger partial charge is 0.241 e. The summed E-state index contributed by atoms with van der Waals surface area (Å²) in [6.45, 7) is 1.69. The monoisotopic (exact) mass is 352 g/mol. The second kappa shape index (κ2) is 7.86. The van der Waals surface area contributed by atoms with Gasteiger partial charge in [0.15, 0.2) is 0 Å². The van der Waals surface area contributed by atoms with Crippen LogP contribution >= 0.6 is 0 Å². The maximum Gasteiger partial charge on any atom is 0.241 e. The molecule has 126 valence electrons. The van der Waals surface area contributed by atoms with Crippen LogP contribution in [-0.4, -0.2) is 26.6 Å². The van der Waals surface area contributed by atoms with Gasteiger partial charge < -0.3 is 4.74 Å². The molecular formula is C16H14F2N2O3S. The first-order valence-corrected chi connectivity index (χ1v) is 8.32. The predicted molar refractivity (Wildman–Crippen MR) is 83.8 cm³/mol. The van der Waals surface area contributed by atoms with Gasteiger partial charge in [-0.2, -0.15) is 4.72 Å². The molecule has 0 unspecified atom stereocenters. The van der Waals surface area contributed by atoms with E-state index in [-0.39, 0.29) is 13.2 Å². The first-order valence-electron chi connectivity index (χ1n) is 6.84. The Morgan fingerprint density at radius 1 is 1.17 bits per heavy atom. The molecule has 0 bridgehead atoms. The third kappa shape index (κ3) is 5.30. The van der Waals surface area contributed by atoms with E-state index in [1.807, 2.05) is 6.92 Å². The number of aryl methyl sites for hydroxylation is 1. The van der Waals surface area contributed by atoms with Crippen LogP contribution in [0, 0.1) is 30.4 Å². The molecule has 1 aromatic carbocycles. The van der Waals surface area contributed by atoms with E-state index in [4.69, 9.17) is 4.74 Å². The van der Waals surface area contributed by atoms with Gasteiger partial charge in [-0.1, -0.05) is 11.8 Å². The molecule has 2 aromatic rings. The Morgan fingerprint density at radius 3 is 2.50 bits per heavy atom. The molecule has 0 aliphatic carbocycles. The predicted octanol–water partition coefficient (Wildman–Crippen LogP) is 2.03. The van der Waals surface area contributed by atoms with Gasteiger partial charge in [-0.05, 0) is 31.2 Å². The number of hydrogen-bond acceptors (Lipinski definition) is 4. The molecule has 24 heavy (non-hydrogen) atoms. The first-order chi connectivity index (χ1) is 11.4. The number of sulfonamides is 1. The minimum atomic E-state index is -4.03. The number of ether oxygens (including phenoxy) is 1. The number of halogens is 2. The van der Waals surface area contributed by atoms with Crippen LogP contribution in [-0.2, 0) is 10.0 Å². The number of nitrogens with zero attached hydrogens (tertiary/aromatic N) is 1. The molecule has 0 spiro atoms. The quantitative estimate of drug-likeness (QED) is 0.836. The van der Waals surface area contributed by atoms with Gasteiger partial charge in [-0.3, -0.25) is 4.98 Å². The lowest BCUT2D eigenvalue weighted by Gasteiger charge is -2.04. The highest BCUT2D eigenvalue weighted by Gasteiger charge is 2.15. The molecule has 5 nitrogen and oxygen atoms in total. The van der Waals surface area contributed by atoms with E-state index < -0.39 is 26.6 Å². The number of hydrogen-bond donors (Lipinski definition) is 1. The largest absolute Gasteiger partial charge is 0.479 e. The van der Waals surface area contributed by atoms with Crippen LogP contribution in [0.25, 0.3) is 0 Å². The van der Waals surface area contributed by atoms with Gasteiger partial charge in [0.05, 0.1) is 17.6 Å². The Hall–Kier alpha value is -2.50. The third-order valence-corrected chi connectivity index (χ3v) is 4.20. The van der Waals surface area contributed by atoms with Crippen LogP contribution in [0.4, 0.5) is 8.78 Å². The Morgan fingerprint density at radius 2 is 1.88 bits per heavy atom. The normalized spacial score (nSPS) is 10.8. The summed E-state index contributed by atoms with van der Waals surface area (Å²) >= 11 is 0. The van der Waals surface area contributed by atoms with Crippen LogP contribution in [0.5, 0.6) is 5.75 Å². The summed E-state index contributed by atoms with van der Waals surface area (Å²) in [5.41, 5.74) is 0.858. The van der Waals surface area contributed by atoms with Crippen molar-refractivity contribution in [3.8, 4) is 17.6 Å². The van der Waals surface area contributed by atoms with Crippen LogP contribution in [0.1, 0.15) is 5.69 Å². The lowest BCUT2D eigenvalue weighted by atomic mass is 10.3. The first kappa shape index (κ1) is 17.8. The topological polar surface area (TPSA) is 68.3 Å². The van der Waals surface area contributed by atoms with Gasteiger partial charge in [0.1, 0.15) is 24.0 Å². The molecule has 0 aliphatic rings. The number of benzene rings is 1. The second-order valence-electron chi connectivity index (χ2n) is 4.71. The van der Waals surface area contributed by atoms with Crippen LogP contribution in [0.3, 0.4) is 0 Å². The molecule has 0 radical (unpaired) electrons. The molecule has 0 amide bonds. The van der Waals surface area contributed by atoms with Gasteiger partial charge in [-0.25, -0.2) is 17.2 Å². The van der Waals surface area contributed by atoms with E-state index in [0.29, 0.717) is 11.8 Å². The summed E-state index contributed by atoms with van der Waals surface area (Å²) < 4.78 is 57.3. The molecule has 2 rings (SSSR count). The summed E-state index contributed by atoms with van der Waals surface area (Å²) in [5, 5.41) is 0. The van der Waals surface area contributed by atoms with Gasteiger partial charge in [0, 0.05) is 11.8 Å². The summed E-state index contributed by atoms with van der Waals surface area (Å²) in [6.07, 6.45) is 1.55. The molecule has 1 aromatic heterocycles. The molecule has 0 saturated carbocycles. The minimum absolute atomic E-state index is 0.0566. The van der Waals surface area contributed by atoms with Crippen LogP contribution in [0.2, 0.25) is 0 Å². The minimum Gasteiger partial charge on any atom is -0.479 e. The summed E-state index contributed by atoms with van der Waals surface area (Å²) in [4.78, 5) is 3.55. The van der Waals surface area contributed by atoms with Crippen molar-refractivity contribution < 1.29 is 21.9 Å². The fraction of sp³-hybridized carbons (Fsp3) is 0.188. The summed E-state index contributed by atoms with van der Waals surface area (Å²) in [6, 6.07) is 5.58. The fourth-order valence-electron chi connectivity index (χ4n) is 1.67. The zero-order chi connectivity index (χ0) is 17.6. The second-order valence-corrected chi connectivity index (χ2v) is 6.47. The van der Waals surface area contributed by atoms with E-state index in [2.05, 4.69) is 21.5 Å². The molecular weight excluding hydrogens is 338 g/mol. The van der Waals surface area contributed by atoms with Gasteiger partial charge in [0.2, 0.25) is 10.0 Å². The van der Waals surface area contributed by atoms with Crippen molar-refractivity contribution in [2.24, 2.45) is 0 Å². The maximum absolute atomic E-state index is 13.1. The van der Waals surface area contributed by atoms with Crippen molar-refractivity contribution in [1.29, 1.82) is 0 Å². The molecule has 0 saturated heterocycles. The molecule has 0 aliphatic heterocycles. The van der Waals surface area contributed by atoms with Crippen LogP contribution in [0.15, 0.2) is 41.4 Å². The van der Waals surface area contributed by atoms with Crippen molar-refractivity contribution in [3.05, 3.63) is 53.9 Å². The van der Waals surface area contributed by atoms with Crippen molar-refractivity contribution >= 4 is 10.0 Å². The molecule has 8 heteroatoms. The Kier molecular flexibility index (Phi) is 5.84. The SMILES string of the molecule is Cc1ccc(OCC#CCNS(=O)(=O)c2cc(F)cc(F)c2)cn1. The van der Waals surface area contributed by atoms with Crippen molar-refractivity contribution in [2.75, 3.05) is 13.2 Å². The fourth-order valence-corrected chi connectivity index (χ4v) is 2.64. The van der Waals surface area contributed by atoms with E-state index in [9.17, 15) is 17.2 Å². The Balaban J connectivity index is 1.86. The number of rotatable bonds is 5. The van der Waals surface area contributed by atoms with E-state index in [1.165, 1.54) is 0 Å². The lowest BCUT2D eigenvalue weighted by Crippen LogP contribution is -2.24. The van der Waals surface area contributed by atoms with Gasteiger partial charge in [0.25, 0.3) is 0 Å².